The highest BCUT2D eigenvalue weighted by molar-refractivity contribution is 7.14. The number of carbonyl (C=O) groups is 2. The Kier molecular flexibility index (Phi) is 8.20. The van der Waals surface area contributed by atoms with Crippen LogP contribution in [0.3, 0.4) is 0 Å². The molecule has 0 saturated carbocycles. The van der Waals surface area contributed by atoms with Gasteiger partial charge in [0.25, 0.3) is 5.91 Å². The van der Waals surface area contributed by atoms with E-state index in [9.17, 15) is 14.0 Å². The van der Waals surface area contributed by atoms with Crippen LogP contribution in [0, 0.1) is 5.82 Å². The van der Waals surface area contributed by atoms with Crippen molar-refractivity contribution in [2.45, 2.75) is 13.0 Å². The van der Waals surface area contributed by atoms with Gasteiger partial charge in [-0.2, -0.15) is 0 Å². The zero-order valence-corrected chi connectivity index (χ0v) is 21.1. The van der Waals surface area contributed by atoms with Crippen molar-refractivity contribution >= 4 is 57.2 Å². The lowest BCUT2D eigenvalue weighted by Crippen LogP contribution is -2.26. The first-order chi connectivity index (χ1) is 17.3. The zero-order chi connectivity index (χ0) is 25.7. The molecule has 1 heterocycles. The average molecular weight is 544 g/mol. The highest BCUT2D eigenvalue weighted by Crippen LogP contribution is 2.36. The van der Waals surface area contributed by atoms with Gasteiger partial charge in [0.05, 0.1) is 34.4 Å². The number of aromatic nitrogens is 1. The van der Waals surface area contributed by atoms with Crippen molar-refractivity contribution in [3.8, 4) is 11.3 Å². The van der Waals surface area contributed by atoms with Crippen LogP contribution in [0.4, 0.5) is 15.2 Å². The number of halogens is 3. The van der Waals surface area contributed by atoms with Gasteiger partial charge in [-0.15, -0.1) is 11.3 Å². The molecule has 0 radical (unpaired) electrons. The number of rotatable bonds is 9. The fourth-order valence-corrected chi connectivity index (χ4v) is 4.58. The summed E-state index contributed by atoms with van der Waals surface area (Å²) in [6.45, 7) is 0.346. The lowest BCUT2D eigenvalue weighted by atomic mass is 10.1. The van der Waals surface area contributed by atoms with Crippen molar-refractivity contribution < 1.29 is 19.1 Å². The first-order valence-electron chi connectivity index (χ1n) is 10.8. The normalized spacial score (nSPS) is 10.8. The zero-order valence-electron chi connectivity index (χ0n) is 18.7. The number of nitrogens with one attached hydrogen (secondary N) is 1. The highest BCUT2D eigenvalue weighted by atomic mass is 35.5. The summed E-state index contributed by atoms with van der Waals surface area (Å²) in [5.74, 6) is -1.73. The van der Waals surface area contributed by atoms with Crippen molar-refractivity contribution in [3.05, 3.63) is 99.1 Å². The van der Waals surface area contributed by atoms with Crippen molar-refractivity contribution in [2.75, 3.05) is 11.4 Å². The molecule has 6 nitrogen and oxygen atoms in total. The Morgan fingerprint density at radius 3 is 2.47 bits per heavy atom. The summed E-state index contributed by atoms with van der Waals surface area (Å²) in [4.78, 5) is 29.4. The minimum absolute atomic E-state index is 0.0438. The third kappa shape index (κ3) is 6.20. The Morgan fingerprint density at radius 2 is 1.78 bits per heavy atom. The molecule has 2 N–H and O–H groups in total. The summed E-state index contributed by atoms with van der Waals surface area (Å²) in [7, 11) is 0. The summed E-state index contributed by atoms with van der Waals surface area (Å²) in [6.07, 6.45) is -0.153. The molecule has 3 aromatic carbocycles. The molecule has 0 saturated heterocycles. The molecule has 184 valence electrons. The summed E-state index contributed by atoms with van der Waals surface area (Å²) in [6, 6.07) is 18.5. The van der Waals surface area contributed by atoms with Gasteiger partial charge >= 0.3 is 5.97 Å². The molecular weight excluding hydrogens is 524 g/mol. The highest BCUT2D eigenvalue weighted by Gasteiger charge is 2.19. The van der Waals surface area contributed by atoms with Gasteiger partial charge in [-0.3, -0.25) is 9.59 Å². The second-order valence-corrected chi connectivity index (χ2v) is 9.43. The molecule has 36 heavy (non-hydrogen) atoms. The number of nitrogens with zero attached hydrogens (tertiary/aromatic N) is 2. The van der Waals surface area contributed by atoms with Crippen LogP contribution in [0.2, 0.25) is 10.0 Å². The van der Waals surface area contributed by atoms with E-state index in [-0.39, 0.29) is 18.9 Å². The maximum atomic E-state index is 14.8. The van der Waals surface area contributed by atoms with Crippen LogP contribution in [0.5, 0.6) is 0 Å². The molecule has 0 fully saturated rings. The first-order valence-corrected chi connectivity index (χ1v) is 12.5. The lowest BCUT2D eigenvalue weighted by Gasteiger charge is -2.23. The summed E-state index contributed by atoms with van der Waals surface area (Å²) >= 11 is 13.6. The van der Waals surface area contributed by atoms with Gasteiger partial charge in [0.2, 0.25) is 0 Å². The van der Waals surface area contributed by atoms with Crippen LogP contribution in [0.15, 0.2) is 72.1 Å². The molecule has 4 rings (SSSR count). The van der Waals surface area contributed by atoms with E-state index in [0.29, 0.717) is 38.7 Å². The van der Waals surface area contributed by atoms with Gasteiger partial charge in [-0.1, -0.05) is 53.5 Å². The second kappa shape index (κ2) is 11.5. The van der Waals surface area contributed by atoms with Gasteiger partial charge in [0.1, 0.15) is 5.82 Å². The second-order valence-electron chi connectivity index (χ2n) is 7.78. The maximum absolute atomic E-state index is 14.8. The Bertz CT molecular complexity index is 1400. The van der Waals surface area contributed by atoms with Crippen LogP contribution in [-0.4, -0.2) is 28.5 Å². The predicted molar refractivity (Wildman–Crippen MR) is 141 cm³/mol. The molecule has 4 aromatic rings. The van der Waals surface area contributed by atoms with Gasteiger partial charge in [0, 0.05) is 23.1 Å². The Balaban J connectivity index is 1.58. The minimum atomic E-state index is -0.983. The van der Waals surface area contributed by atoms with E-state index in [0.717, 1.165) is 11.1 Å². The molecular formula is C26H20Cl2FN3O3S. The fraction of sp³-hybridized carbons (Fsp3) is 0.115. The SMILES string of the molecule is O=C(O)CCNC(=O)c1ccc(CN(c2nc(-c3ccc(Cl)c(Cl)c3)cs2)c2ccccc2F)cc1. The number of aliphatic carboxylic acids is 1. The standard InChI is InChI=1S/C26H20Cl2FN3O3S/c27-19-10-9-18(13-20(19)28)22-15-36-26(31-22)32(23-4-2-1-3-21(23)29)14-16-5-7-17(8-6-16)25(35)30-12-11-24(33)34/h1-10,13,15H,11-12,14H2,(H,30,35)(H,33,34). The number of carbonyl (C=O) groups excluding carboxylic acids is 1. The third-order valence-electron chi connectivity index (χ3n) is 5.26. The Hall–Kier alpha value is -3.46. The topological polar surface area (TPSA) is 82.5 Å². The molecule has 0 unspecified atom stereocenters. The van der Waals surface area contributed by atoms with Crippen molar-refractivity contribution in [3.63, 3.8) is 0 Å². The number of benzene rings is 3. The van der Waals surface area contributed by atoms with Crippen molar-refractivity contribution in [1.29, 1.82) is 0 Å². The molecule has 1 amide bonds. The van der Waals surface area contributed by atoms with Gasteiger partial charge < -0.3 is 15.3 Å². The smallest absolute Gasteiger partial charge is 0.305 e. The van der Waals surface area contributed by atoms with E-state index >= 15 is 0 Å². The van der Waals surface area contributed by atoms with Crippen molar-refractivity contribution in [1.82, 2.24) is 10.3 Å². The van der Waals surface area contributed by atoms with Crippen LogP contribution in [0.1, 0.15) is 22.3 Å². The molecule has 0 spiro atoms. The van der Waals surface area contributed by atoms with E-state index in [1.807, 2.05) is 11.4 Å². The summed E-state index contributed by atoms with van der Waals surface area (Å²) in [5, 5.41) is 14.6. The van der Waals surface area contributed by atoms with Crippen molar-refractivity contribution in [2.24, 2.45) is 0 Å². The Labute approximate surface area is 220 Å². The first kappa shape index (κ1) is 25.6. The monoisotopic (exact) mass is 543 g/mol. The van der Waals surface area contributed by atoms with E-state index in [4.69, 9.17) is 33.3 Å². The number of hydrogen-bond acceptors (Lipinski definition) is 5. The van der Waals surface area contributed by atoms with E-state index < -0.39 is 11.8 Å². The lowest BCUT2D eigenvalue weighted by molar-refractivity contribution is -0.136. The van der Waals surface area contributed by atoms with E-state index in [1.54, 1.807) is 59.5 Å². The van der Waals surface area contributed by atoms with E-state index in [2.05, 4.69) is 5.32 Å². The number of amides is 1. The fourth-order valence-electron chi connectivity index (χ4n) is 3.43. The molecule has 0 aliphatic heterocycles. The van der Waals surface area contributed by atoms with Gasteiger partial charge in [-0.05, 0) is 42.0 Å². The molecule has 10 heteroatoms. The quantitative estimate of drug-likeness (QED) is 0.242. The molecule has 1 aromatic heterocycles. The van der Waals surface area contributed by atoms with Gasteiger partial charge in [-0.25, -0.2) is 9.37 Å². The largest absolute Gasteiger partial charge is 0.481 e. The average Bonchev–Trinajstić information content (AvgIpc) is 3.35. The third-order valence-corrected chi connectivity index (χ3v) is 6.87. The molecule has 0 atom stereocenters. The number of carboxylic acids is 1. The Morgan fingerprint density at radius 1 is 1.03 bits per heavy atom. The number of thiazole rings is 1. The molecule has 0 aliphatic carbocycles. The predicted octanol–water partition coefficient (Wildman–Crippen LogP) is 6.80. The molecule has 0 bridgehead atoms. The summed E-state index contributed by atoms with van der Waals surface area (Å²) in [5.41, 5.74) is 3.06. The van der Waals surface area contributed by atoms with Gasteiger partial charge in [0.15, 0.2) is 5.13 Å². The van der Waals surface area contributed by atoms with Crippen LogP contribution >= 0.6 is 34.5 Å². The molecule has 0 aliphatic rings. The minimum Gasteiger partial charge on any atom is -0.481 e. The van der Waals surface area contributed by atoms with Crippen LogP contribution in [-0.2, 0) is 11.3 Å². The summed E-state index contributed by atoms with van der Waals surface area (Å²) < 4.78 is 14.8. The van der Waals surface area contributed by atoms with Crippen LogP contribution in [0.25, 0.3) is 11.3 Å². The number of carboxylic acid groups (broad SMARTS) is 1. The number of para-hydroxylation sites is 1. The maximum Gasteiger partial charge on any atom is 0.305 e. The van der Waals surface area contributed by atoms with Crippen LogP contribution < -0.4 is 10.2 Å². The number of anilines is 2. The number of hydrogen-bond donors (Lipinski definition) is 2. The van der Waals surface area contributed by atoms with E-state index in [1.165, 1.54) is 17.4 Å².